The van der Waals surface area contributed by atoms with Gasteiger partial charge < -0.3 is 15.0 Å². The van der Waals surface area contributed by atoms with Crippen LogP contribution in [-0.2, 0) is 16.1 Å². The van der Waals surface area contributed by atoms with Gasteiger partial charge >= 0.3 is 5.97 Å². The van der Waals surface area contributed by atoms with Gasteiger partial charge in [0.25, 0.3) is 0 Å². The molecular weight excluding hydrogens is 284 g/mol. The summed E-state index contributed by atoms with van der Waals surface area (Å²) in [6.07, 6.45) is 5.91. The van der Waals surface area contributed by atoms with Crippen LogP contribution >= 0.6 is 0 Å². The minimum atomic E-state index is -0.812. The van der Waals surface area contributed by atoms with Crippen molar-refractivity contribution in [3.05, 3.63) is 18.2 Å². The summed E-state index contributed by atoms with van der Waals surface area (Å²) in [6, 6.07) is 0. The molecule has 2 saturated heterocycles. The van der Waals surface area contributed by atoms with E-state index in [9.17, 15) is 14.7 Å². The zero-order valence-corrected chi connectivity index (χ0v) is 12.6. The first-order valence-corrected chi connectivity index (χ1v) is 7.84. The van der Waals surface area contributed by atoms with Crippen LogP contribution < -0.4 is 0 Å². The Labute approximate surface area is 129 Å². The molecule has 120 valence electrons. The van der Waals surface area contributed by atoms with E-state index in [4.69, 9.17) is 0 Å². The highest BCUT2D eigenvalue weighted by Gasteiger charge is 2.37. The highest BCUT2D eigenvalue weighted by molar-refractivity contribution is 5.80. The van der Waals surface area contributed by atoms with Gasteiger partial charge in [-0.3, -0.25) is 14.5 Å². The maximum Gasteiger partial charge on any atom is 0.307 e. The normalized spacial score (nSPS) is 26.3. The van der Waals surface area contributed by atoms with E-state index in [1.54, 1.807) is 12.5 Å². The number of piperidine rings is 1. The summed E-state index contributed by atoms with van der Waals surface area (Å²) in [5.41, 5.74) is 0.943. The average Bonchev–Trinajstić information content (AvgIpc) is 3.19. The van der Waals surface area contributed by atoms with E-state index < -0.39 is 11.9 Å². The summed E-state index contributed by atoms with van der Waals surface area (Å²) < 4.78 is 0. The Balaban J connectivity index is 1.69. The molecule has 0 unspecified atom stereocenters. The van der Waals surface area contributed by atoms with E-state index in [2.05, 4.69) is 14.9 Å². The minimum absolute atomic E-state index is 0.123. The fourth-order valence-electron chi connectivity index (χ4n) is 3.49. The second-order valence-corrected chi connectivity index (χ2v) is 6.27. The van der Waals surface area contributed by atoms with Gasteiger partial charge in [-0.25, -0.2) is 4.98 Å². The van der Waals surface area contributed by atoms with E-state index in [-0.39, 0.29) is 11.8 Å². The Morgan fingerprint density at radius 3 is 2.64 bits per heavy atom. The fourth-order valence-corrected chi connectivity index (χ4v) is 3.49. The molecule has 2 aliphatic heterocycles. The summed E-state index contributed by atoms with van der Waals surface area (Å²) in [5.74, 6) is -1.38. The quantitative estimate of drug-likeness (QED) is 0.848. The number of carboxylic acids is 1. The zero-order chi connectivity index (χ0) is 15.5. The van der Waals surface area contributed by atoms with Crippen molar-refractivity contribution in [2.24, 2.45) is 11.8 Å². The number of carbonyl (C=O) groups is 2. The van der Waals surface area contributed by atoms with Crippen LogP contribution in [0.25, 0.3) is 0 Å². The minimum Gasteiger partial charge on any atom is -0.481 e. The van der Waals surface area contributed by atoms with E-state index >= 15 is 0 Å². The highest BCUT2D eigenvalue weighted by Crippen LogP contribution is 2.26. The maximum atomic E-state index is 12.6. The number of hydrogen-bond donors (Lipinski definition) is 2. The molecule has 7 heteroatoms. The van der Waals surface area contributed by atoms with Gasteiger partial charge in [0.05, 0.1) is 18.2 Å². The molecule has 2 N–H and O–H groups in total. The number of H-pyrrole nitrogens is 1. The molecule has 1 amide bonds. The van der Waals surface area contributed by atoms with Crippen LogP contribution in [0.4, 0.5) is 0 Å². The van der Waals surface area contributed by atoms with Gasteiger partial charge in [-0.05, 0) is 19.3 Å². The topological polar surface area (TPSA) is 89.5 Å². The lowest BCUT2D eigenvalue weighted by atomic mass is 9.88. The first-order chi connectivity index (χ1) is 10.6. The van der Waals surface area contributed by atoms with Gasteiger partial charge in [-0.15, -0.1) is 0 Å². The number of aromatic nitrogens is 2. The molecule has 1 aromatic heterocycles. The number of nitrogens with zero attached hydrogens (tertiary/aromatic N) is 3. The molecule has 0 bridgehead atoms. The first-order valence-electron chi connectivity index (χ1n) is 7.84. The van der Waals surface area contributed by atoms with Gasteiger partial charge in [0.15, 0.2) is 0 Å². The molecule has 3 rings (SSSR count). The van der Waals surface area contributed by atoms with Crippen LogP contribution in [0.1, 0.15) is 25.0 Å². The number of aliphatic carboxylic acids is 1. The van der Waals surface area contributed by atoms with Gasteiger partial charge in [0.2, 0.25) is 5.91 Å². The third-order valence-corrected chi connectivity index (χ3v) is 4.59. The second-order valence-electron chi connectivity index (χ2n) is 6.27. The molecule has 0 aliphatic carbocycles. The molecule has 1 aromatic rings. The number of amides is 1. The average molecular weight is 306 g/mol. The Morgan fingerprint density at radius 1 is 1.27 bits per heavy atom. The molecule has 0 aromatic carbocycles. The summed E-state index contributed by atoms with van der Waals surface area (Å²) in [7, 11) is 0. The highest BCUT2D eigenvalue weighted by atomic mass is 16.4. The number of aromatic amines is 1. The van der Waals surface area contributed by atoms with Crippen molar-refractivity contribution in [2.45, 2.75) is 25.8 Å². The summed E-state index contributed by atoms with van der Waals surface area (Å²) in [6.45, 7) is 3.34. The van der Waals surface area contributed by atoms with Gasteiger partial charge in [0.1, 0.15) is 0 Å². The third kappa shape index (κ3) is 3.30. The standard InChI is InChI=1S/C15H22N4O3/c20-14(19-3-1-2-4-19)11-5-12(15(21)22)8-18(7-11)9-13-6-16-10-17-13/h6,10-12H,1-5,7-9H2,(H,16,17)(H,21,22)/t11-,12-/m0/s1. The zero-order valence-electron chi connectivity index (χ0n) is 12.6. The number of hydrogen-bond acceptors (Lipinski definition) is 4. The Hall–Kier alpha value is -1.89. The number of carbonyl (C=O) groups excluding carboxylic acids is 1. The van der Waals surface area contributed by atoms with Crippen molar-refractivity contribution >= 4 is 11.9 Å². The van der Waals surface area contributed by atoms with Crippen molar-refractivity contribution in [1.82, 2.24) is 19.8 Å². The molecule has 0 saturated carbocycles. The lowest BCUT2D eigenvalue weighted by Gasteiger charge is -2.36. The number of nitrogens with one attached hydrogen (secondary N) is 1. The second kappa shape index (κ2) is 6.48. The molecular formula is C15H22N4O3. The van der Waals surface area contributed by atoms with Crippen LogP contribution in [0.5, 0.6) is 0 Å². The van der Waals surface area contributed by atoms with Crippen LogP contribution in [0.2, 0.25) is 0 Å². The lowest BCUT2D eigenvalue weighted by Crippen LogP contribution is -2.48. The van der Waals surface area contributed by atoms with E-state index in [0.717, 1.165) is 31.6 Å². The lowest BCUT2D eigenvalue weighted by molar-refractivity contribution is -0.147. The molecule has 0 spiro atoms. The molecule has 2 aliphatic rings. The van der Waals surface area contributed by atoms with Gasteiger partial charge in [-0.2, -0.15) is 0 Å². The smallest absolute Gasteiger partial charge is 0.307 e. The monoisotopic (exact) mass is 306 g/mol. The number of imidazole rings is 1. The Morgan fingerprint density at radius 2 is 2.00 bits per heavy atom. The Bertz CT molecular complexity index is 525. The summed E-state index contributed by atoms with van der Waals surface area (Å²) >= 11 is 0. The van der Waals surface area contributed by atoms with Crippen molar-refractivity contribution in [3.63, 3.8) is 0 Å². The largest absolute Gasteiger partial charge is 0.481 e. The molecule has 2 atom stereocenters. The van der Waals surface area contributed by atoms with E-state index in [1.165, 1.54) is 0 Å². The van der Waals surface area contributed by atoms with Crippen molar-refractivity contribution in [3.8, 4) is 0 Å². The van der Waals surface area contributed by atoms with E-state index in [0.29, 0.717) is 26.1 Å². The van der Waals surface area contributed by atoms with Crippen LogP contribution in [0, 0.1) is 11.8 Å². The first kappa shape index (κ1) is 15.0. The molecule has 0 radical (unpaired) electrons. The fraction of sp³-hybridized carbons (Fsp3) is 0.667. The number of rotatable bonds is 4. The van der Waals surface area contributed by atoms with Gasteiger partial charge in [0, 0.05) is 44.6 Å². The van der Waals surface area contributed by atoms with Gasteiger partial charge in [-0.1, -0.05) is 0 Å². The number of likely N-dealkylation sites (tertiary alicyclic amines) is 2. The van der Waals surface area contributed by atoms with Crippen molar-refractivity contribution in [2.75, 3.05) is 26.2 Å². The predicted octanol–water partition coefficient (Wildman–Crippen LogP) is 0.555. The molecule has 3 heterocycles. The summed E-state index contributed by atoms with van der Waals surface area (Å²) in [4.78, 5) is 35.0. The maximum absolute atomic E-state index is 12.6. The van der Waals surface area contributed by atoms with Crippen LogP contribution in [0.15, 0.2) is 12.5 Å². The van der Waals surface area contributed by atoms with E-state index in [1.807, 2.05) is 4.90 Å². The van der Waals surface area contributed by atoms with Crippen LogP contribution in [0.3, 0.4) is 0 Å². The molecule has 22 heavy (non-hydrogen) atoms. The molecule has 2 fully saturated rings. The summed E-state index contributed by atoms with van der Waals surface area (Å²) in [5, 5.41) is 9.38. The predicted molar refractivity (Wildman–Crippen MR) is 78.9 cm³/mol. The van der Waals surface area contributed by atoms with Crippen molar-refractivity contribution < 1.29 is 14.7 Å². The van der Waals surface area contributed by atoms with Crippen LogP contribution in [-0.4, -0.2) is 62.9 Å². The number of carboxylic acid groups (broad SMARTS) is 1. The third-order valence-electron chi connectivity index (χ3n) is 4.59. The SMILES string of the molecule is O=C(O)[C@H]1C[C@H](C(=O)N2CCCC2)CN(Cc2cnc[nH]2)C1. The Kier molecular flexibility index (Phi) is 4.42. The molecule has 7 nitrogen and oxygen atoms in total. The van der Waals surface area contributed by atoms with Crippen molar-refractivity contribution in [1.29, 1.82) is 0 Å².